The number of carbonyl (C=O) groups excluding carboxylic acids is 1. The van der Waals surface area contributed by atoms with Gasteiger partial charge in [0.2, 0.25) is 5.95 Å². The Morgan fingerprint density at radius 1 is 1.08 bits per heavy atom. The van der Waals surface area contributed by atoms with Crippen LogP contribution in [0, 0.1) is 13.8 Å². The first kappa shape index (κ1) is 18.9. The van der Waals surface area contributed by atoms with Gasteiger partial charge in [0.15, 0.2) is 0 Å². The van der Waals surface area contributed by atoms with Crippen LogP contribution < -0.4 is 5.32 Å². The van der Waals surface area contributed by atoms with Crippen molar-refractivity contribution in [1.82, 2.24) is 14.9 Å². The summed E-state index contributed by atoms with van der Waals surface area (Å²) in [6, 6.07) is 10.1. The van der Waals surface area contributed by atoms with Crippen molar-refractivity contribution >= 4 is 11.9 Å². The molecule has 0 saturated heterocycles. The molecule has 0 aliphatic heterocycles. The van der Waals surface area contributed by atoms with Crippen molar-refractivity contribution < 1.29 is 4.79 Å². The molecule has 5 nitrogen and oxygen atoms in total. The van der Waals surface area contributed by atoms with E-state index in [2.05, 4.69) is 54.3 Å². The molecule has 1 amide bonds. The van der Waals surface area contributed by atoms with Gasteiger partial charge in [-0.15, -0.1) is 0 Å². The summed E-state index contributed by atoms with van der Waals surface area (Å²) in [6.07, 6.45) is 1.88. The summed E-state index contributed by atoms with van der Waals surface area (Å²) < 4.78 is 0. The Morgan fingerprint density at radius 2 is 1.80 bits per heavy atom. The van der Waals surface area contributed by atoms with Crippen LogP contribution in [0.15, 0.2) is 30.3 Å². The molecule has 1 heterocycles. The quantitative estimate of drug-likeness (QED) is 0.790. The minimum absolute atomic E-state index is 0.0206. The summed E-state index contributed by atoms with van der Waals surface area (Å²) in [5, 5.41) is 3.23. The Labute approximate surface area is 150 Å². The van der Waals surface area contributed by atoms with E-state index in [-0.39, 0.29) is 5.91 Å². The van der Waals surface area contributed by atoms with Crippen molar-refractivity contribution in [2.24, 2.45) is 0 Å². The van der Waals surface area contributed by atoms with Crippen LogP contribution in [0.2, 0.25) is 0 Å². The lowest BCUT2D eigenvalue weighted by molar-refractivity contribution is 0.0749. The van der Waals surface area contributed by atoms with Crippen LogP contribution in [-0.2, 0) is 6.54 Å². The highest BCUT2D eigenvalue weighted by Gasteiger charge is 2.17. The smallest absolute Gasteiger partial charge is 0.272 e. The van der Waals surface area contributed by atoms with Crippen molar-refractivity contribution in [1.29, 1.82) is 0 Å². The summed E-state index contributed by atoms with van der Waals surface area (Å²) in [5.74, 6) is 0.477. The number of hydrogen-bond acceptors (Lipinski definition) is 4. The summed E-state index contributed by atoms with van der Waals surface area (Å²) in [6.45, 7) is 10.3. The molecule has 25 heavy (non-hydrogen) atoms. The van der Waals surface area contributed by atoms with Crippen molar-refractivity contribution in [3.63, 3.8) is 0 Å². The fraction of sp³-hybridized carbons (Fsp3) is 0.450. The zero-order chi connectivity index (χ0) is 18.2. The average Bonchev–Trinajstić information content (AvgIpc) is 2.59. The Bertz CT molecular complexity index is 709. The van der Waals surface area contributed by atoms with Crippen LogP contribution in [-0.4, -0.2) is 33.9 Å². The number of carbonyl (C=O) groups is 1. The number of nitrogens with zero attached hydrogens (tertiary/aromatic N) is 3. The number of rotatable bonds is 8. The van der Waals surface area contributed by atoms with Crippen molar-refractivity contribution in [2.75, 3.05) is 18.4 Å². The second kappa shape index (κ2) is 9.16. The molecule has 1 aromatic carbocycles. The maximum atomic E-state index is 12.8. The molecule has 2 aromatic rings. The maximum Gasteiger partial charge on any atom is 0.272 e. The molecule has 0 radical (unpaired) electrons. The van der Waals surface area contributed by atoms with Crippen LogP contribution in [0.5, 0.6) is 0 Å². The lowest BCUT2D eigenvalue weighted by Crippen LogP contribution is -2.33. The largest absolute Gasteiger partial charge is 0.350 e. The molecule has 134 valence electrons. The summed E-state index contributed by atoms with van der Waals surface area (Å²) in [4.78, 5) is 23.5. The number of nitrogens with one attached hydrogen (secondary N) is 1. The van der Waals surface area contributed by atoms with Gasteiger partial charge in [-0.3, -0.25) is 4.79 Å². The van der Waals surface area contributed by atoms with E-state index in [4.69, 9.17) is 0 Å². The first-order valence-electron chi connectivity index (χ1n) is 8.97. The molecule has 0 aliphatic carbocycles. The first-order valence-corrected chi connectivity index (χ1v) is 8.97. The average molecular weight is 340 g/mol. The Kier molecular flexibility index (Phi) is 6.92. The van der Waals surface area contributed by atoms with Gasteiger partial charge in [0.05, 0.1) is 0 Å². The van der Waals surface area contributed by atoms with Crippen molar-refractivity contribution in [3.8, 4) is 0 Å². The highest BCUT2D eigenvalue weighted by molar-refractivity contribution is 5.92. The number of anilines is 1. The summed E-state index contributed by atoms with van der Waals surface area (Å²) >= 11 is 0. The van der Waals surface area contributed by atoms with E-state index in [9.17, 15) is 4.79 Å². The van der Waals surface area contributed by atoms with Gasteiger partial charge in [-0.1, -0.05) is 43.7 Å². The van der Waals surface area contributed by atoms with Gasteiger partial charge in [-0.25, -0.2) is 9.97 Å². The van der Waals surface area contributed by atoms with Gasteiger partial charge in [0.25, 0.3) is 5.91 Å². The molecule has 0 aliphatic rings. The number of hydrogen-bond donors (Lipinski definition) is 1. The van der Waals surface area contributed by atoms with E-state index in [0.29, 0.717) is 18.2 Å². The van der Waals surface area contributed by atoms with E-state index in [0.717, 1.165) is 37.2 Å². The highest BCUT2D eigenvalue weighted by atomic mass is 16.2. The highest BCUT2D eigenvalue weighted by Crippen LogP contribution is 2.11. The van der Waals surface area contributed by atoms with Crippen LogP contribution in [0.4, 0.5) is 5.95 Å². The third-order valence-electron chi connectivity index (χ3n) is 3.88. The van der Waals surface area contributed by atoms with E-state index in [1.54, 1.807) is 6.07 Å². The SMILES string of the molecule is CCCN(CCC)C(=O)c1cc(C)nc(NCc2cccc(C)c2)n1. The van der Waals surface area contributed by atoms with E-state index >= 15 is 0 Å². The molecule has 1 N–H and O–H groups in total. The number of aromatic nitrogens is 2. The predicted octanol–water partition coefficient (Wildman–Crippen LogP) is 3.97. The maximum absolute atomic E-state index is 12.8. The lowest BCUT2D eigenvalue weighted by atomic mass is 10.1. The van der Waals surface area contributed by atoms with Crippen LogP contribution >= 0.6 is 0 Å². The monoisotopic (exact) mass is 340 g/mol. The molecular weight excluding hydrogens is 312 g/mol. The minimum Gasteiger partial charge on any atom is -0.350 e. The second-order valence-corrected chi connectivity index (χ2v) is 6.35. The standard InChI is InChI=1S/C20H28N4O/c1-5-10-24(11-6-2)19(25)18-13-16(4)22-20(23-18)21-14-17-9-7-8-15(3)12-17/h7-9,12-13H,5-6,10-11,14H2,1-4H3,(H,21,22,23). The predicted molar refractivity (Wildman–Crippen MR) is 102 cm³/mol. The van der Waals surface area contributed by atoms with Gasteiger partial charge in [-0.2, -0.15) is 0 Å². The summed E-state index contributed by atoms with van der Waals surface area (Å²) in [7, 11) is 0. The van der Waals surface area contributed by atoms with E-state index < -0.39 is 0 Å². The third kappa shape index (κ3) is 5.55. The molecular formula is C20H28N4O. The van der Waals surface area contributed by atoms with Crippen LogP contribution in [0.3, 0.4) is 0 Å². The van der Waals surface area contributed by atoms with Gasteiger partial charge < -0.3 is 10.2 Å². The lowest BCUT2D eigenvalue weighted by Gasteiger charge is -2.21. The molecule has 5 heteroatoms. The Morgan fingerprint density at radius 3 is 2.44 bits per heavy atom. The van der Waals surface area contributed by atoms with Crippen molar-refractivity contribution in [2.45, 2.75) is 47.1 Å². The summed E-state index contributed by atoms with van der Waals surface area (Å²) in [5.41, 5.74) is 3.63. The first-order chi connectivity index (χ1) is 12.0. The van der Waals surface area contributed by atoms with E-state index in [1.165, 1.54) is 5.56 Å². The molecule has 1 aromatic heterocycles. The van der Waals surface area contributed by atoms with E-state index in [1.807, 2.05) is 17.9 Å². The second-order valence-electron chi connectivity index (χ2n) is 6.35. The Hall–Kier alpha value is -2.43. The molecule has 0 saturated carbocycles. The van der Waals surface area contributed by atoms with Gasteiger partial charge in [0, 0.05) is 25.3 Å². The minimum atomic E-state index is -0.0206. The van der Waals surface area contributed by atoms with Crippen LogP contribution in [0.1, 0.15) is 54.0 Å². The third-order valence-corrected chi connectivity index (χ3v) is 3.88. The van der Waals surface area contributed by atoms with Gasteiger partial charge in [-0.05, 0) is 38.3 Å². The fourth-order valence-electron chi connectivity index (χ4n) is 2.78. The molecule has 0 unspecified atom stereocenters. The van der Waals surface area contributed by atoms with Crippen LogP contribution in [0.25, 0.3) is 0 Å². The Balaban J connectivity index is 2.14. The van der Waals surface area contributed by atoms with Crippen molar-refractivity contribution in [3.05, 3.63) is 52.8 Å². The molecule has 0 bridgehead atoms. The molecule has 0 spiro atoms. The zero-order valence-corrected chi connectivity index (χ0v) is 15.7. The normalized spacial score (nSPS) is 10.6. The van der Waals surface area contributed by atoms with Gasteiger partial charge >= 0.3 is 0 Å². The molecule has 2 rings (SSSR count). The van der Waals surface area contributed by atoms with Gasteiger partial charge in [0.1, 0.15) is 5.69 Å². The molecule has 0 fully saturated rings. The topological polar surface area (TPSA) is 58.1 Å². The zero-order valence-electron chi connectivity index (χ0n) is 15.7. The number of amides is 1. The number of benzene rings is 1. The number of aryl methyl sites for hydroxylation is 2. The fourth-order valence-corrected chi connectivity index (χ4v) is 2.78. The molecule has 0 atom stereocenters.